The van der Waals surface area contributed by atoms with Gasteiger partial charge in [0.2, 0.25) is 5.82 Å². The molecule has 0 fully saturated rings. The van der Waals surface area contributed by atoms with E-state index in [4.69, 9.17) is 17.4 Å². The average Bonchev–Trinajstić information content (AvgIpc) is 2.85. The maximum atomic E-state index is 11.0. The third kappa shape index (κ3) is 3.16. The largest absolute Gasteiger partial charge is 0.357 e. The molecule has 2 heterocycles. The lowest BCUT2D eigenvalue weighted by Crippen LogP contribution is -2.12. The van der Waals surface area contributed by atoms with Crippen molar-refractivity contribution in [3.05, 3.63) is 43.6 Å². The third-order valence-electron chi connectivity index (χ3n) is 2.59. The van der Waals surface area contributed by atoms with E-state index in [-0.39, 0.29) is 17.5 Å². The molecule has 1 unspecified atom stereocenters. The Bertz CT molecular complexity index is 633. The van der Waals surface area contributed by atoms with Crippen molar-refractivity contribution in [1.82, 2.24) is 4.98 Å². The monoisotopic (exact) mass is 313 g/mol. The molecule has 2 aromatic heterocycles. The zero-order valence-electron chi connectivity index (χ0n) is 10.5. The van der Waals surface area contributed by atoms with Crippen LogP contribution in [0, 0.1) is 10.1 Å². The average molecular weight is 314 g/mol. The van der Waals surface area contributed by atoms with Crippen LogP contribution in [0.25, 0.3) is 0 Å². The molecule has 2 rings (SSSR count). The van der Waals surface area contributed by atoms with Crippen LogP contribution in [0.15, 0.2) is 24.3 Å². The summed E-state index contributed by atoms with van der Waals surface area (Å²) in [5, 5.41) is 14.0. The van der Waals surface area contributed by atoms with Gasteiger partial charge in [-0.3, -0.25) is 10.1 Å². The minimum atomic E-state index is -0.496. The molecular formula is C11H12ClN5O2S. The number of nitro groups is 1. The number of pyridine rings is 1. The standard InChI is InChI=1S/C11H12ClN5O2S/c1-6(8-3-4-9(12)20-8)14-11-7(17(18)19)2-5-10(15-11)16-13/h2-6H,13H2,1H3,(H2,14,15,16). The first-order valence-electron chi connectivity index (χ1n) is 5.65. The zero-order chi connectivity index (χ0) is 14.7. The predicted molar refractivity (Wildman–Crippen MR) is 80.1 cm³/mol. The summed E-state index contributed by atoms with van der Waals surface area (Å²) in [6.07, 6.45) is 0. The van der Waals surface area contributed by atoms with E-state index in [0.717, 1.165) is 4.88 Å². The van der Waals surface area contributed by atoms with Crippen molar-refractivity contribution in [2.75, 3.05) is 10.7 Å². The number of nitrogen functional groups attached to an aromatic ring is 1. The van der Waals surface area contributed by atoms with E-state index in [9.17, 15) is 10.1 Å². The van der Waals surface area contributed by atoms with E-state index in [2.05, 4.69) is 15.7 Å². The summed E-state index contributed by atoms with van der Waals surface area (Å²) in [5.74, 6) is 5.76. The minimum absolute atomic E-state index is 0.112. The third-order valence-corrected chi connectivity index (χ3v) is 4.01. The number of hydrazine groups is 1. The molecule has 20 heavy (non-hydrogen) atoms. The van der Waals surface area contributed by atoms with Gasteiger partial charge in [0.25, 0.3) is 0 Å². The summed E-state index contributed by atoms with van der Waals surface area (Å²) in [7, 11) is 0. The second-order valence-corrected chi connectivity index (χ2v) is 5.72. The minimum Gasteiger partial charge on any atom is -0.357 e. The highest BCUT2D eigenvalue weighted by Crippen LogP contribution is 2.31. The van der Waals surface area contributed by atoms with Gasteiger partial charge in [-0.1, -0.05) is 11.6 Å². The van der Waals surface area contributed by atoms with Crippen LogP contribution in [0.1, 0.15) is 17.8 Å². The van der Waals surface area contributed by atoms with Gasteiger partial charge in [-0.05, 0) is 25.1 Å². The second-order valence-electron chi connectivity index (χ2n) is 3.97. The fraction of sp³-hybridized carbons (Fsp3) is 0.182. The Morgan fingerprint density at radius 1 is 1.45 bits per heavy atom. The summed E-state index contributed by atoms with van der Waals surface area (Å²) in [5.41, 5.74) is 2.25. The van der Waals surface area contributed by atoms with E-state index in [0.29, 0.717) is 10.2 Å². The van der Waals surface area contributed by atoms with Crippen LogP contribution >= 0.6 is 22.9 Å². The molecule has 0 amide bonds. The lowest BCUT2D eigenvalue weighted by molar-refractivity contribution is -0.384. The molecule has 0 spiro atoms. The number of thiophene rings is 1. The fourth-order valence-electron chi connectivity index (χ4n) is 1.62. The van der Waals surface area contributed by atoms with E-state index in [1.54, 1.807) is 6.07 Å². The maximum Gasteiger partial charge on any atom is 0.311 e. The van der Waals surface area contributed by atoms with Crippen LogP contribution in [-0.2, 0) is 0 Å². The molecule has 0 aliphatic rings. The van der Waals surface area contributed by atoms with Crippen LogP contribution in [0.3, 0.4) is 0 Å². The molecule has 9 heteroatoms. The topological polar surface area (TPSA) is 106 Å². The number of halogens is 1. The van der Waals surface area contributed by atoms with Crippen molar-refractivity contribution in [3.63, 3.8) is 0 Å². The molecule has 0 aliphatic heterocycles. The Labute approximate surface area is 123 Å². The van der Waals surface area contributed by atoms with Crippen LogP contribution in [0.2, 0.25) is 4.34 Å². The molecule has 0 aliphatic carbocycles. The number of rotatable bonds is 5. The van der Waals surface area contributed by atoms with Gasteiger partial charge in [-0.2, -0.15) is 0 Å². The van der Waals surface area contributed by atoms with Crippen molar-refractivity contribution >= 4 is 40.3 Å². The SMILES string of the molecule is CC(Nc1nc(NN)ccc1[N+](=O)[O-])c1ccc(Cl)s1. The highest BCUT2D eigenvalue weighted by atomic mass is 35.5. The highest BCUT2D eigenvalue weighted by molar-refractivity contribution is 7.16. The van der Waals surface area contributed by atoms with E-state index in [1.165, 1.54) is 23.5 Å². The number of nitrogens with two attached hydrogens (primary N) is 1. The summed E-state index contributed by atoms with van der Waals surface area (Å²) in [6, 6.07) is 6.27. The Hall–Kier alpha value is -1.90. The van der Waals surface area contributed by atoms with Crippen LogP contribution in [0.4, 0.5) is 17.3 Å². The number of anilines is 2. The Morgan fingerprint density at radius 2 is 2.20 bits per heavy atom. The normalized spacial score (nSPS) is 11.9. The highest BCUT2D eigenvalue weighted by Gasteiger charge is 2.19. The van der Waals surface area contributed by atoms with E-state index in [1.807, 2.05) is 13.0 Å². The number of nitrogens with one attached hydrogen (secondary N) is 2. The number of hydrogen-bond acceptors (Lipinski definition) is 7. The molecule has 4 N–H and O–H groups in total. The summed E-state index contributed by atoms with van der Waals surface area (Å²) < 4.78 is 0.661. The molecule has 7 nitrogen and oxygen atoms in total. The Balaban J connectivity index is 2.29. The van der Waals surface area contributed by atoms with Gasteiger partial charge in [-0.25, -0.2) is 10.8 Å². The molecule has 0 radical (unpaired) electrons. The molecule has 0 bridgehead atoms. The van der Waals surface area contributed by atoms with Gasteiger partial charge in [0.05, 0.1) is 15.3 Å². The molecular weight excluding hydrogens is 302 g/mol. The summed E-state index contributed by atoms with van der Waals surface area (Å²) in [6.45, 7) is 1.87. The van der Waals surface area contributed by atoms with Gasteiger partial charge < -0.3 is 10.7 Å². The van der Waals surface area contributed by atoms with Crippen molar-refractivity contribution in [2.45, 2.75) is 13.0 Å². The quantitative estimate of drug-likeness (QED) is 0.445. The van der Waals surface area contributed by atoms with Crippen molar-refractivity contribution in [2.24, 2.45) is 5.84 Å². The molecule has 0 saturated carbocycles. The maximum absolute atomic E-state index is 11.0. The number of aromatic nitrogens is 1. The lowest BCUT2D eigenvalue weighted by Gasteiger charge is -2.13. The molecule has 106 valence electrons. The van der Waals surface area contributed by atoms with Crippen LogP contribution in [-0.4, -0.2) is 9.91 Å². The predicted octanol–water partition coefficient (Wildman–Crippen LogP) is 3.16. The van der Waals surface area contributed by atoms with Gasteiger partial charge in [0.1, 0.15) is 5.82 Å². The van der Waals surface area contributed by atoms with Crippen LogP contribution < -0.4 is 16.6 Å². The first kappa shape index (κ1) is 14.5. The van der Waals surface area contributed by atoms with Gasteiger partial charge >= 0.3 is 5.69 Å². The molecule has 2 aromatic rings. The lowest BCUT2D eigenvalue weighted by atomic mass is 10.2. The molecule has 0 saturated heterocycles. The van der Waals surface area contributed by atoms with E-state index < -0.39 is 4.92 Å². The zero-order valence-corrected chi connectivity index (χ0v) is 12.0. The number of nitrogens with zero attached hydrogens (tertiary/aromatic N) is 2. The smallest absolute Gasteiger partial charge is 0.311 e. The second kappa shape index (κ2) is 6.04. The summed E-state index contributed by atoms with van der Waals surface area (Å²) in [4.78, 5) is 15.5. The van der Waals surface area contributed by atoms with Gasteiger partial charge in [0.15, 0.2) is 0 Å². The first-order valence-corrected chi connectivity index (χ1v) is 6.84. The molecule has 0 aromatic carbocycles. The van der Waals surface area contributed by atoms with E-state index >= 15 is 0 Å². The Morgan fingerprint density at radius 3 is 2.75 bits per heavy atom. The van der Waals surface area contributed by atoms with Crippen molar-refractivity contribution < 1.29 is 4.92 Å². The molecule has 1 atom stereocenters. The first-order chi connectivity index (χ1) is 9.51. The van der Waals surface area contributed by atoms with Crippen molar-refractivity contribution in [3.8, 4) is 0 Å². The Kier molecular flexibility index (Phi) is 4.38. The van der Waals surface area contributed by atoms with Gasteiger partial charge in [-0.15, -0.1) is 11.3 Å². The van der Waals surface area contributed by atoms with Gasteiger partial charge in [0, 0.05) is 10.9 Å². The fourth-order valence-corrected chi connectivity index (χ4v) is 2.69. The summed E-state index contributed by atoms with van der Waals surface area (Å²) >= 11 is 7.28. The van der Waals surface area contributed by atoms with Crippen molar-refractivity contribution in [1.29, 1.82) is 0 Å². The van der Waals surface area contributed by atoms with Crippen LogP contribution in [0.5, 0.6) is 0 Å². The number of hydrogen-bond donors (Lipinski definition) is 3.